The lowest BCUT2D eigenvalue weighted by Gasteiger charge is -2.21. The van der Waals surface area contributed by atoms with Crippen LogP contribution < -0.4 is 10.9 Å². The van der Waals surface area contributed by atoms with Gasteiger partial charge in [0.2, 0.25) is 0 Å². The molecular weight excluding hydrogens is 176 g/mol. The van der Waals surface area contributed by atoms with E-state index >= 15 is 0 Å². The number of fused-ring (bicyclic) bond motifs is 4. The van der Waals surface area contributed by atoms with E-state index in [1.807, 2.05) is 6.07 Å². The molecule has 0 aromatic heterocycles. The van der Waals surface area contributed by atoms with Crippen LogP contribution in [0.15, 0.2) is 46.0 Å². The minimum Gasteiger partial charge on any atom is -0.290 e. The predicted molar refractivity (Wildman–Crippen MR) is 54.6 cm³/mol. The molecule has 0 radical (unpaired) electrons. The third-order valence-electron chi connectivity index (χ3n) is 2.58. The van der Waals surface area contributed by atoms with Crippen LogP contribution in [0.4, 0.5) is 0 Å². The zero-order valence-corrected chi connectivity index (χ0v) is 7.28. The van der Waals surface area contributed by atoms with E-state index in [0.29, 0.717) is 0 Å². The van der Waals surface area contributed by atoms with E-state index in [2.05, 4.69) is 0 Å². The number of benzene rings is 2. The molecule has 0 unspecified atom stereocenters. The molecule has 0 aromatic rings. The molecule has 0 aliphatic heterocycles. The molecule has 3 aliphatic carbocycles. The summed E-state index contributed by atoms with van der Waals surface area (Å²) in [5.41, 5.74) is 3.50. The first-order valence-corrected chi connectivity index (χ1v) is 4.39. The summed E-state index contributed by atoms with van der Waals surface area (Å²) in [4.78, 5) is 22.6. The van der Waals surface area contributed by atoms with Crippen LogP contribution in [0.1, 0.15) is 0 Å². The normalized spacial score (nSPS) is 11.4. The highest BCUT2D eigenvalue weighted by molar-refractivity contribution is 6.01. The first-order valence-electron chi connectivity index (χ1n) is 4.39. The minimum absolute atomic E-state index is 0.00861. The van der Waals surface area contributed by atoms with E-state index in [4.69, 9.17) is 0 Å². The summed E-state index contributed by atoms with van der Waals surface area (Å²) < 4.78 is 0. The fourth-order valence-electron chi connectivity index (χ4n) is 1.94. The summed E-state index contributed by atoms with van der Waals surface area (Å²) in [5.74, 6) is 0. The first kappa shape index (κ1) is 7.44. The highest BCUT2D eigenvalue weighted by Crippen LogP contribution is 2.43. The topological polar surface area (TPSA) is 34.1 Å². The van der Waals surface area contributed by atoms with Gasteiger partial charge in [-0.2, -0.15) is 0 Å². The Morgan fingerprint density at radius 3 is 2.50 bits per heavy atom. The maximum Gasteiger partial charge on any atom is 0.187 e. The van der Waals surface area contributed by atoms with Gasteiger partial charge in [-0.15, -0.1) is 0 Å². The third kappa shape index (κ3) is 0.752. The molecule has 0 fully saturated rings. The zero-order valence-electron chi connectivity index (χ0n) is 7.28. The van der Waals surface area contributed by atoms with Crippen molar-refractivity contribution in [2.45, 2.75) is 0 Å². The largest absolute Gasteiger partial charge is 0.290 e. The monoisotopic (exact) mass is 182 g/mol. The predicted octanol–water partition coefficient (Wildman–Crippen LogP) is 1.49. The van der Waals surface area contributed by atoms with Gasteiger partial charge in [-0.05, 0) is 41.0 Å². The van der Waals surface area contributed by atoms with Crippen LogP contribution in [-0.4, -0.2) is 0 Å². The molecule has 0 aromatic carbocycles. The van der Waals surface area contributed by atoms with E-state index in [1.54, 1.807) is 24.3 Å². The van der Waals surface area contributed by atoms with Crippen molar-refractivity contribution < 1.29 is 0 Å². The van der Waals surface area contributed by atoms with Gasteiger partial charge in [0, 0.05) is 5.56 Å². The smallest absolute Gasteiger partial charge is 0.187 e. The average Bonchev–Trinajstić information content (AvgIpc) is 2.16. The zero-order chi connectivity index (χ0) is 9.71. The van der Waals surface area contributed by atoms with Crippen molar-refractivity contribution in [3.05, 3.63) is 56.8 Å². The van der Waals surface area contributed by atoms with Crippen molar-refractivity contribution >= 4 is 0 Å². The van der Waals surface area contributed by atoms with Gasteiger partial charge in [-0.3, -0.25) is 9.59 Å². The highest BCUT2D eigenvalue weighted by Gasteiger charge is 2.24. The second-order valence-electron chi connectivity index (χ2n) is 3.39. The molecule has 0 spiro atoms. The van der Waals surface area contributed by atoms with E-state index in [9.17, 15) is 9.59 Å². The van der Waals surface area contributed by atoms with Crippen molar-refractivity contribution in [3.8, 4) is 22.3 Å². The number of hydrogen-bond donors (Lipinski definition) is 0. The molecular formula is C12H6O2. The van der Waals surface area contributed by atoms with E-state index in [1.165, 1.54) is 6.07 Å². The van der Waals surface area contributed by atoms with Crippen LogP contribution in [0.2, 0.25) is 0 Å². The van der Waals surface area contributed by atoms with Gasteiger partial charge >= 0.3 is 0 Å². The van der Waals surface area contributed by atoms with Crippen molar-refractivity contribution in [1.29, 1.82) is 0 Å². The Balaban J connectivity index is 2.54. The maximum atomic E-state index is 11.5. The molecule has 0 atom stereocenters. The Morgan fingerprint density at radius 2 is 1.64 bits per heavy atom. The standard InChI is InChI=1S/C12H6O2/c13-7-4-5-9-10(6-7)8-2-1-3-11(14)12(8)9/h1-6H. The van der Waals surface area contributed by atoms with Crippen LogP contribution in [0.25, 0.3) is 22.3 Å². The second-order valence-corrected chi connectivity index (χ2v) is 3.39. The first-order chi connectivity index (χ1) is 6.77. The Kier molecular flexibility index (Phi) is 1.22. The molecule has 0 saturated heterocycles. The van der Waals surface area contributed by atoms with Crippen molar-refractivity contribution in [1.82, 2.24) is 0 Å². The Labute approximate surface area is 79.8 Å². The Morgan fingerprint density at radius 1 is 0.786 bits per heavy atom. The molecule has 0 bridgehead atoms. The molecule has 3 rings (SSSR count). The van der Waals surface area contributed by atoms with Crippen LogP contribution in [-0.2, 0) is 0 Å². The Bertz CT molecular complexity index is 629. The number of hydrogen-bond acceptors (Lipinski definition) is 2. The van der Waals surface area contributed by atoms with Gasteiger partial charge in [0.05, 0.1) is 0 Å². The molecule has 0 amide bonds. The van der Waals surface area contributed by atoms with Gasteiger partial charge in [-0.25, -0.2) is 0 Å². The van der Waals surface area contributed by atoms with Gasteiger partial charge in [0.15, 0.2) is 10.9 Å². The summed E-state index contributed by atoms with van der Waals surface area (Å²) in [6.07, 6.45) is 0. The van der Waals surface area contributed by atoms with Crippen LogP contribution >= 0.6 is 0 Å². The van der Waals surface area contributed by atoms with E-state index in [0.717, 1.165) is 22.3 Å². The van der Waals surface area contributed by atoms with Crippen LogP contribution in [0, 0.1) is 0 Å². The summed E-state index contributed by atoms with van der Waals surface area (Å²) >= 11 is 0. The van der Waals surface area contributed by atoms with E-state index in [-0.39, 0.29) is 10.9 Å². The summed E-state index contributed by atoms with van der Waals surface area (Å²) in [6, 6.07) is 9.94. The molecule has 0 N–H and O–H groups in total. The van der Waals surface area contributed by atoms with Gasteiger partial charge in [0.25, 0.3) is 0 Å². The minimum atomic E-state index is -0.00861. The molecule has 3 aliphatic rings. The lowest BCUT2D eigenvalue weighted by molar-refractivity contribution is 1.44. The molecule has 0 heterocycles. The molecule has 0 saturated carbocycles. The lowest BCUT2D eigenvalue weighted by atomic mass is 9.80. The summed E-state index contributed by atoms with van der Waals surface area (Å²) in [7, 11) is 0. The average molecular weight is 182 g/mol. The molecule has 66 valence electrons. The summed E-state index contributed by atoms with van der Waals surface area (Å²) in [6.45, 7) is 0. The molecule has 2 nitrogen and oxygen atoms in total. The van der Waals surface area contributed by atoms with Crippen molar-refractivity contribution in [2.75, 3.05) is 0 Å². The summed E-state index contributed by atoms with van der Waals surface area (Å²) in [5, 5.41) is 0. The fraction of sp³-hybridized carbons (Fsp3) is 0. The third-order valence-corrected chi connectivity index (χ3v) is 2.58. The van der Waals surface area contributed by atoms with Crippen LogP contribution in [0.3, 0.4) is 0 Å². The SMILES string of the molecule is O=c1ccc2c3c(=O)cccc-3c-2c1. The van der Waals surface area contributed by atoms with E-state index < -0.39 is 0 Å². The van der Waals surface area contributed by atoms with Gasteiger partial charge in [-0.1, -0.05) is 12.1 Å². The van der Waals surface area contributed by atoms with Crippen LogP contribution in [0.5, 0.6) is 0 Å². The van der Waals surface area contributed by atoms with Crippen molar-refractivity contribution in [3.63, 3.8) is 0 Å². The van der Waals surface area contributed by atoms with Gasteiger partial charge < -0.3 is 0 Å². The highest BCUT2D eigenvalue weighted by atomic mass is 16.1. The quantitative estimate of drug-likeness (QED) is 0.528. The van der Waals surface area contributed by atoms with Crippen molar-refractivity contribution in [2.24, 2.45) is 0 Å². The van der Waals surface area contributed by atoms with Gasteiger partial charge in [0.1, 0.15) is 0 Å². The lowest BCUT2D eigenvalue weighted by Crippen LogP contribution is -2.14. The second kappa shape index (κ2) is 2.29. The fourth-order valence-corrected chi connectivity index (χ4v) is 1.94. The molecule has 2 heteroatoms. The Hall–Kier alpha value is -1.96. The maximum absolute atomic E-state index is 11.5. The molecule has 14 heavy (non-hydrogen) atoms. The number of rotatable bonds is 0.